The predicted octanol–water partition coefficient (Wildman–Crippen LogP) is 5.45. The maximum absolute atomic E-state index is 13.6. The molecule has 2 aromatic carbocycles. The summed E-state index contributed by atoms with van der Waals surface area (Å²) < 4.78 is 29.0. The van der Waals surface area contributed by atoms with Crippen molar-refractivity contribution < 1.29 is 8.42 Å². The van der Waals surface area contributed by atoms with Crippen LogP contribution in [0.1, 0.15) is 38.5 Å². The Bertz CT molecular complexity index is 1230. The molecule has 0 amide bonds. The van der Waals surface area contributed by atoms with E-state index in [-0.39, 0.29) is 6.04 Å². The number of nitrogens with one attached hydrogen (secondary N) is 2. The summed E-state index contributed by atoms with van der Waals surface area (Å²) in [6.07, 6.45) is 8.16. The molecule has 1 saturated heterocycles. The van der Waals surface area contributed by atoms with Crippen molar-refractivity contribution in [2.45, 2.75) is 49.5 Å². The van der Waals surface area contributed by atoms with E-state index in [1.165, 1.54) is 17.8 Å². The zero-order valence-corrected chi connectivity index (χ0v) is 20.1. The molecule has 32 heavy (non-hydrogen) atoms. The van der Waals surface area contributed by atoms with Gasteiger partial charge in [-0.15, -0.1) is 11.3 Å². The first-order valence-corrected chi connectivity index (χ1v) is 13.8. The molecule has 0 radical (unpaired) electrons. The van der Waals surface area contributed by atoms with E-state index in [0.29, 0.717) is 22.5 Å². The van der Waals surface area contributed by atoms with E-state index in [9.17, 15) is 8.42 Å². The molecular formula is C23H26N4O2S3. The summed E-state index contributed by atoms with van der Waals surface area (Å²) in [5, 5.41) is 11.1. The van der Waals surface area contributed by atoms with Gasteiger partial charge in [0.05, 0.1) is 4.90 Å². The Kier molecular flexibility index (Phi) is 6.16. The molecule has 2 atom stereocenters. The highest BCUT2D eigenvalue weighted by Gasteiger charge is 2.36. The maximum Gasteiger partial charge on any atom is 0.243 e. The number of nitrogens with zero attached hydrogens (tertiary/aromatic N) is 2. The topological polar surface area (TPSA) is 74.3 Å². The van der Waals surface area contributed by atoms with Crippen molar-refractivity contribution in [1.29, 1.82) is 0 Å². The van der Waals surface area contributed by atoms with E-state index in [1.807, 2.05) is 29.6 Å². The van der Waals surface area contributed by atoms with Crippen LogP contribution in [0.2, 0.25) is 0 Å². The number of anilines is 2. The summed E-state index contributed by atoms with van der Waals surface area (Å²) >= 11 is 6.88. The van der Waals surface area contributed by atoms with Crippen molar-refractivity contribution >= 4 is 60.3 Å². The highest BCUT2D eigenvalue weighted by Crippen LogP contribution is 2.37. The number of thiazole rings is 1. The highest BCUT2D eigenvalue weighted by atomic mass is 32.2. The van der Waals surface area contributed by atoms with Crippen LogP contribution in [-0.4, -0.2) is 35.4 Å². The van der Waals surface area contributed by atoms with Crippen molar-refractivity contribution in [3.8, 4) is 0 Å². The van der Waals surface area contributed by atoms with Crippen LogP contribution >= 0.6 is 23.6 Å². The van der Waals surface area contributed by atoms with Crippen LogP contribution in [0.5, 0.6) is 0 Å². The third kappa shape index (κ3) is 4.39. The predicted molar refractivity (Wildman–Crippen MR) is 135 cm³/mol. The number of aromatic nitrogens is 1. The van der Waals surface area contributed by atoms with Crippen molar-refractivity contribution in [3.05, 3.63) is 48.0 Å². The Hall–Kier alpha value is -2.07. The number of rotatable bonds is 4. The first-order chi connectivity index (χ1) is 15.5. The summed E-state index contributed by atoms with van der Waals surface area (Å²) in [5.74, 6) is 0.681. The first kappa shape index (κ1) is 21.8. The molecular weight excluding hydrogens is 460 g/mol. The molecule has 2 N–H and O–H groups in total. The fourth-order valence-electron chi connectivity index (χ4n) is 5.02. The minimum atomic E-state index is -3.53. The number of fused-ring (bicyclic) bond motifs is 3. The fourth-order valence-corrected chi connectivity index (χ4v) is 7.57. The maximum atomic E-state index is 13.6. The molecule has 168 valence electrons. The van der Waals surface area contributed by atoms with Crippen LogP contribution in [-0.2, 0) is 10.0 Å². The van der Waals surface area contributed by atoms with E-state index < -0.39 is 10.0 Å². The number of sulfonamides is 1. The van der Waals surface area contributed by atoms with Gasteiger partial charge in [0, 0.05) is 35.2 Å². The highest BCUT2D eigenvalue weighted by molar-refractivity contribution is 7.89. The van der Waals surface area contributed by atoms with Crippen molar-refractivity contribution in [3.63, 3.8) is 0 Å². The summed E-state index contributed by atoms with van der Waals surface area (Å²) in [5.41, 5.74) is 0.824. The number of thiocarbonyl (C=S) groups is 1. The lowest BCUT2D eigenvalue weighted by molar-refractivity contribution is 0.238. The molecule has 2 aliphatic rings. The Morgan fingerprint density at radius 2 is 2.00 bits per heavy atom. The molecule has 2 unspecified atom stereocenters. The van der Waals surface area contributed by atoms with E-state index in [1.54, 1.807) is 22.6 Å². The molecule has 1 aromatic heterocycles. The van der Waals surface area contributed by atoms with Crippen LogP contribution in [0.3, 0.4) is 0 Å². The monoisotopic (exact) mass is 486 g/mol. The average molecular weight is 487 g/mol. The molecule has 6 nitrogen and oxygen atoms in total. The average Bonchev–Trinajstić information content (AvgIpc) is 3.24. The van der Waals surface area contributed by atoms with Crippen LogP contribution in [0.15, 0.2) is 52.9 Å². The number of benzene rings is 2. The lowest BCUT2D eigenvalue weighted by Crippen LogP contribution is -2.41. The van der Waals surface area contributed by atoms with Crippen molar-refractivity contribution in [2.24, 2.45) is 5.92 Å². The van der Waals surface area contributed by atoms with Crippen molar-refractivity contribution in [1.82, 2.24) is 9.29 Å². The van der Waals surface area contributed by atoms with Gasteiger partial charge in [-0.1, -0.05) is 31.0 Å². The first-order valence-electron chi connectivity index (χ1n) is 11.0. The number of hydrogen-bond donors (Lipinski definition) is 2. The van der Waals surface area contributed by atoms with Gasteiger partial charge in [-0.05, 0) is 67.4 Å². The van der Waals surface area contributed by atoms with Gasteiger partial charge < -0.3 is 10.6 Å². The fraction of sp³-hybridized carbons (Fsp3) is 0.391. The van der Waals surface area contributed by atoms with Gasteiger partial charge in [-0.25, -0.2) is 13.4 Å². The van der Waals surface area contributed by atoms with Gasteiger partial charge in [0.2, 0.25) is 10.0 Å². The standard InChI is InChI=1S/C23H26N4O2S3/c28-32(29,27-12-3-5-16-4-1-7-18(27)14-16)19-9-10-20-17(15-19)6-2-8-21(20)25-22(30)26-23-24-11-13-31-23/h2,6,8-11,13,15-16,18H,1,3-5,7,12,14H2,(H2,24,25,26,30). The number of hydrogen-bond acceptors (Lipinski definition) is 5. The van der Waals surface area contributed by atoms with E-state index in [4.69, 9.17) is 12.2 Å². The third-order valence-electron chi connectivity index (χ3n) is 6.51. The van der Waals surface area contributed by atoms with E-state index >= 15 is 0 Å². The molecule has 1 aliphatic heterocycles. The van der Waals surface area contributed by atoms with Crippen molar-refractivity contribution in [2.75, 3.05) is 17.2 Å². The molecule has 2 bridgehead atoms. The van der Waals surface area contributed by atoms with Gasteiger partial charge >= 0.3 is 0 Å². The lowest BCUT2D eigenvalue weighted by Gasteiger charge is -2.33. The summed E-state index contributed by atoms with van der Waals surface area (Å²) in [7, 11) is -3.53. The normalized spacial score (nSPS) is 21.8. The molecule has 5 rings (SSSR count). The largest absolute Gasteiger partial charge is 0.332 e. The molecule has 1 aliphatic carbocycles. The molecule has 2 fully saturated rings. The second-order valence-corrected chi connectivity index (χ2v) is 11.7. The molecule has 0 spiro atoms. The minimum absolute atomic E-state index is 0.138. The Morgan fingerprint density at radius 3 is 2.84 bits per heavy atom. The molecule has 9 heteroatoms. The molecule has 1 saturated carbocycles. The molecule has 2 heterocycles. The van der Waals surface area contributed by atoms with E-state index in [0.717, 1.165) is 53.7 Å². The summed E-state index contributed by atoms with van der Waals surface area (Å²) in [6.45, 7) is 0.625. The minimum Gasteiger partial charge on any atom is -0.332 e. The third-order valence-corrected chi connectivity index (χ3v) is 9.35. The quantitative estimate of drug-likeness (QED) is 0.478. The second kappa shape index (κ2) is 9.05. The van der Waals surface area contributed by atoms with Gasteiger partial charge in [0.1, 0.15) is 0 Å². The van der Waals surface area contributed by atoms with E-state index in [2.05, 4.69) is 15.6 Å². The van der Waals surface area contributed by atoms with Crippen LogP contribution in [0.25, 0.3) is 10.8 Å². The summed E-state index contributed by atoms with van der Waals surface area (Å²) in [6, 6.07) is 11.3. The molecule has 3 aromatic rings. The van der Waals surface area contributed by atoms with Crippen LogP contribution in [0.4, 0.5) is 10.8 Å². The van der Waals surface area contributed by atoms with Crippen LogP contribution in [0, 0.1) is 5.92 Å². The van der Waals surface area contributed by atoms with Gasteiger partial charge in [0.25, 0.3) is 0 Å². The summed E-state index contributed by atoms with van der Waals surface area (Å²) in [4.78, 5) is 4.55. The Morgan fingerprint density at radius 1 is 1.12 bits per heavy atom. The van der Waals surface area contributed by atoms with Crippen LogP contribution < -0.4 is 10.6 Å². The second-order valence-electron chi connectivity index (χ2n) is 8.55. The van der Waals surface area contributed by atoms with Gasteiger partial charge in [-0.3, -0.25) is 0 Å². The zero-order valence-electron chi connectivity index (χ0n) is 17.7. The Labute approximate surface area is 198 Å². The Balaban J connectivity index is 1.41. The SMILES string of the molecule is O=S(=O)(c1ccc2c(NC(=S)Nc3nccs3)cccc2c1)N1CCCC2CCCC1C2. The van der Waals surface area contributed by atoms with Gasteiger partial charge in [0.15, 0.2) is 10.2 Å². The smallest absolute Gasteiger partial charge is 0.243 e. The van der Waals surface area contributed by atoms with Gasteiger partial charge in [-0.2, -0.15) is 4.31 Å². The zero-order chi connectivity index (χ0) is 22.1. The lowest BCUT2D eigenvalue weighted by atomic mass is 9.84.